The zero-order chi connectivity index (χ0) is 31.3. The van der Waals surface area contributed by atoms with Gasteiger partial charge in [-0.3, -0.25) is 24.0 Å². The van der Waals surface area contributed by atoms with E-state index < -0.39 is 47.2 Å². The third-order valence-corrected chi connectivity index (χ3v) is 8.96. The Hall–Kier alpha value is -2.85. The molecule has 5 N–H and O–H groups in total. The van der Waals surface area contributed by atoms with Gasteiger partial charge in [-0.2, -0.15) is 0 Å². The average molecular weight is 637 g/mol. The summed E-state index contributed by atoms with van der Waals surface area (Å²) in [5.74, 6) is -3.06. The lowest BCUT2D eigenvalue weighted by Gasteiger charge is -2.30. The van der Waals surface area contributed by atoms with Crippen LogP contribution in [0.5, 0.6) is 0 Å². The molecule has 4 atom stereocenters. The highest BCUT2D eigenvalue weighted by molar-refractivity contribution is 6.38. The van der Waals surface area contributed by atoms with Gasteiger partial charge in [0, 0.05) is 40.2 Å². The van der Waals surface area contributed by atoms with Crippen LogP contribution in [0.25, 0.3) is 0 Å². The molecule has 0 spiro atoms. The Balaban J connectivity index is 1.52. The Labute approximate surface area is 263 Å². The smallest absolute Gasteiger partial charge is 0.290 e. The average Bonchev–Trinajstić information content (AvgIpc) is 3.37. The number of benzene rings is 1. The first kappa shape index (κ1) is 33.1. The van der Waals surface area contributed by atoms with Crippen LogP contribution in [0.15, 0.2) is 12.1 Å². The highest BCUT2D eigenvalue weighted by Crippen LogP contribution is 2.35. The minimum absolute atomic E-state index is 0.00316. The van der Waals surface area contributed by atoms with Gasteiger partial charge in [0.25, 0.3) is 5.91 Å². The summed E-state index contributed by atoms with van der Waals surface area (Å²) in [5, 5.41) is 15.2. The van der Waals surface area contributed by atoms with E-state index in [0.29, 0.717) is 41.5 Å². The summed E-state index contributed by atoms with van der Waals surface area (Å²) < 4.78 is 0. The maximum atomic E-state index is 13.9. The van der Waals surface area contributed by atoms with Crippen molar-refractivity contribution < 1.29 is 24.0 Å². The van der Waals surface area contributed by atoms with Crippen molar-refractivity contribution in [3.05, 3.63) is 27.7 Å². The minimum atomic E-state index is -1.22. The molecule has 1 unspecified atom stereocenters. The fourth-order valence-corrected chi connectivity index (χ4v) is 6.78. The molecule has 4 rings (SSSR count). The van der Waals surface area contributed by atoms with Gasteiger partial charge in [0.2, 0.25) is 23.5 Å². The molecule has 0 bridgehead atoms. The topological polar surface area (TPSA) is 146 Å². The van der Waals surface area contributed by atoms with E-state index in [1.807, 2.05) is 0 Å². The van der Waals surface area contributed by atoms with Gasteiger partial charge in [0.1, 0.15) is 12.1 Å². The number of anilines is 1. The molecule has 0 radical (unpaired) electrons. The van der Waals surface area contributed by atoms with Crippen LogP contribution >= 0.6 is 23.2 Å². The molecule has 2 fully saturated rings. The predicted molar refractivity (Wildman–Crippen MR) is 166 cm³/mol. The molecule has 236 valence electrons. The molecule has 2 aliphatic heterocycles. The first-order valence-corrected chi connectivity index (χ1v) is 16.1. The van der Waals surface area contributed by atoms with Crippen molar-refractivity contribution in [2.75, 3.05) is 11.9 Å². The van der Waals surface area contributed by atoms with E-state index in [9.17, 15) is 24.0 Å². The summed E-state index contributed by atoms with van der Waals surface area (Å²) in [6, 6.07) is 0.532. The Morgan fingerprint density at radius 2 is 1.67 bits per heavy atom. The number of piperidine rings is 1. The molecular formula is C31H43Cl2N5O5. The van der Waals surface area contributed by atoms with Crippen LogP contribution in [0.2, 0.25) is 10.0 Å². The van der Waals surface area contributed by atoms with Crippen molar-refractivity contribution in [3.8, 4) is 0 Å². The molecule has 3 aliphatic rings. The molecule has 10 nitrogen and oxygen atoms in total. The highest BCUT2D eigenvalue weighted by Gasteiger charge is 2.37. The number of hydrogen-bond donors (Lipinski definition) is 5. The molecule has 1 saturated carbocycles. The maximum absolute atomic E-state index is 13.9. The lowest BCUT2D eigenvalue weighted by molar-refractivity contribution is -0.142. The Bertz CT molecular complexity index is 1240. The minimum Gasteiger partial charge on any atom is -0.373 e. The van der Waals surface area contributed by atoms with Gasteiger partial charge in [-0.05, 0) is 70.1 Å². The predicted octanol–water partition coefficient (Wildman–Crippen LogP) is 3.67. The van der Waals surface area contributed by atoms with Crippen molar-refractivity contribution >= 4 is 58.3 Å². The van der Waals surface area contributed by atoms with Crippen LogP contribution < -0.4 is 26.6 Å². The highest BCUT2D eigenvalue weighted by atomic mass is 35.5. The summed E-state index contributed by atoms with van der Waals surface area (Å²) in [6.45, 7) is 5.82. The summed E-state index contributed by atoms with van der Waals surface area (Å²) in [7, 11) is 0. The fourth-order valence-electron chi connectivity index (χ4n) is 6.21. The number of Topliss-reactive ketones (excluding diaryl/α,β-unsaturated/α-hetero) is 1. The summed E-state index contributed by atoms with van der Waals surface area (Å²) in [5.41, 5.74) is 0.785. The third-order valence-electron chi connectivity index (χ3n) is 8.41. The van der Waals surface area contributed by atoms with Crippen LogP contribution in [-0.4, -0.2) is 59.6 Å². The second-order valence-electron chi connectivity index (χ2n) is 13.1. The first-order chi connectivity index (χ1) is 20.3. The van der Waals surface area contributed by atoms with Crippen LogP contribution in [0, 0.1) is 11.8 Å². The Morgan fingerprint density at radius 3 is 2.35 bits per heavy atom. The number of fused-ring (bicyclic) bond motifs is 1. The van der Waals surface area contributed by atoms with Crippen molar-refractivity contribution in [1.82, 2.24) is 21.3 Å². The standard InChI is InChI=1S/C31H43Cl2N5O5/c1-31(2,3)38-30(43)26(39)23(13-18-10-7-11-34-27(18)40)36-28(41)24(12-17-8-5-4-6-9-17)37-29(42)25-16-20-21(33)14-19(32)15-22(20)35-25/h14-15,17-18,23-25,35H,4-13,16H2,1-3H3,(H,34,40)(H,36,41)(H,37,42)(H,38,43)/t18-,23-,24-,25?/m0/s1. The molecule has 1 saturated heterocycles. The van der Waals surface area contributed by atoms with Gasteiger partial charge in [-0.15, -0.1) is 0 Å². The Morgan fingerprint density at radius 1 is 0.953 bits per heavy atom. The summed E-state index contributed by atoms with van der Waals surface area (Å²) in [4.78, 5) is 66.2. The van der Waals surface area contributed by atoms with E-state index >= 15 is 0 Å². The molecule has 2 heterocycles. The van der Waals surface area contributed by atoms with Crippen LogP contribution in [0.4, 0.5) is 5.69 Å². The van der Waals surface area contributed by atoms with Gasteiger partial charge in [0.05, 0.1) is 6.04 Å². The van der Waals surface area contributed by atoms with Crippen molar-refractivity contribution in [2.45, 2.75) is 109 Å². The number of nitrogens with one attached hydrogen (secondary N) is 5. The van der Waals surface area contributed by atoms with E-state index in [0.717, 1.165) is 44.1 Å². The lowest BCUT2D eigenvalue weighted by atomic mass is 9.84. The van der Waals surface area contributed by atoms with Gasteiger partial charge in [0.15, 0.2) is 0 Å². The lowest BCUT2D eigenvalue weighted by Crippen LogP contribution is -2.57. The quantitative estimate of drug-likeness (QED) is 0.248. The van der Waals surface area contributed by atoms with Crippen molar-refractivity contribution in [3.63, 3.8) is 0 Å². The fraction of sp³-hybridized carbons (Fsp3) is 0.645. The number of rotatable bonds is 10. The number of carbonyl (C=O) groups excluding carboxylic acids is 5. The van der Waals surface area contributed by atoms with E-state index in [1.165, 1.54) is 0 Å². The number of halogens is 2. The van der Waals surface area contributed by atoms with Gasteiger partial charge < -0.3 is 26.6 Å². The molecule has 1 aromatic carbocycles. The molecular weight excluding hydrogens is 593 g/mol. The number of ketones is 1. The largest absolute Gasteiger partial charge is 0.373 e. The molecule has 0 aromatic heterocycles. The second-order valence-corrected chi connectivity index (χ2v) is 14.0. The number of amides is 4. The van der Waals surface area contributed by atoms with Gasteiger partial charge in [-0.25, -0.2) is 0 Å². The van der Waals surface area contributed by atoms with Gasteiger partial charge in [-0.1, -0.05) is 55.3 Å². The first-order valence-electron chi connectivity index (χ1n) is 15.3. The molecule has 4 amide bonds. The number of carbonyl (C=O) groups is 5. The van der Waals surface area contributed by atoms with E-state index in [2.05, 4.69) is 26.6 Å². The zero-order valence-corrected chi connectivity index (χ0v) is 26.6. The zero-order valence-electron chi connectivity index (χ0n) is 25.1. The molecule has 1 aliphatic carbocycles. The van der Waals surface area contributed by atoms with E-state index in [4.69, 9.17) is 23.2 Å². The SMILES string of the molecule is CC(C)(C)NC(=O)C(=O)[C@H](C[C@@H]1CCCNC1=O)NC(=O)[C@H](CC1CCCCC1)NC(=O)C1Cc2c(Cl)cc(Cl)cc2N1. The summed E-state index contributed by atoms with van der Waals surface area (Å²) >= 11 is 12.5. The maximum Gasteiger partial charge on any atom is 0.290 e. The third kappa shape index (κ3) is 9.08. The van der Waals surface area contributed by atoms with Gasteiger partial charge >= 0.3 is 0 Å². The van der Waals surface area contributed by atoms with Crippen LogP contribution in [0.3, 0.4) is 0 Å². The van der Waals surface area contributed by atoms with E-state index in [1.54, 1.807) is 32.9 Å². The second kappa shape index (κ2) is 14.3. The van der Waals surface area contributed by atoms with Crippen molar-refractivity contribution in [2.24, 2.45) is 11.8 Å². The van der Waals surface area contributed by atoms with Crippen LogP contribution in [-0.2, 0) is 30.4 Å². The van der Waals surface area contributed by atoms with Crippen molar-refractivity contribution in [1.29, 1.82) is 0 Å². The summed E-state index contributed by atoms with van der Waals surface area (Å²) in [6.07, 6.45) is 7.16. The number of hydrogen-bond acceptors (Lipinski definition) is 6. The molecule has 43 heavy (non-hydrogen) atoms. The molecule has 1 aromatic rings. The van der Waals surface area contributed by atoms with Crippen LogP contribution in [0.1, 0.15) is 84.1 Å². The normalized spacial score (nSPS) is 21.9. The molecule has 12 heteroatoms. The van der Waals surface area contributed by atoms with E-state index in [-0.39, 0.29) is 24.2 Å². The monoisotopic (exact) mass is 635 g/mol. The Kier molecular flexibility index (Phi) is 11.0.